The van der Waals surface area contributed by atoms with Crippen molar-refractivity contribution in [3.63, 3.8) is 0 Å². The lowest BCUT2D eigenvalue weighted by molar-refractivity contribution is 1.45. The van der Waals surface area contributed by atoms with Crippen molar-refractivity contribution in [1.82, 2.24) is 4.98 Å². The van der Waals surface area contributed by atoms with E-state index in [2.05, 4.69) is 4.98 Å². The Morgan fingerprint density at radius 3 is 3.20 bits per heavy atom. The van der Waals surface area contributed by atoms with Crippen molar-refractivity contribution in [3.8, 4) is 0 Å². The molecule has 0 unspecified atom stereocenters. The highest BCUT2D eigenvalue weighted by Crippen LogP contribution is 2.13. The standard InChI is InChI=1S/C7H4BNS/c8-6-4-5-2-1-3-9-7(5)10-6/h1-4H. The first-order chi connectivity index (χ1) is 4.86. The zero-order valence-electron chi connectivity index (χ0n) is 5.24. The Balaban J connectivity index is 2.88. The molecule has 0 bridgehead atoms. The number of pyridine rings is 1. The van der Waals surface area contributed by atoms with Gasteiger partial charge in [0.15, 0.2) is 0 Å². The van der Waals surface area contributed by atoms with Crippen molar-refractivity contribution in [1.29, 1.82) is 0 Å². The topological polar surface area (TPSA) is 12.9 Å². The molecule has 2 aromatic rings. The second kappa shape index (κ2) is 2.09. The Morgan fingerprint density at radius 1 is 1.50 bits per heavy atom. The van der Waals surface area contributed by atoms with E-state index in [1.54, 1.807) is 6.20 Å². The molecule has 2 aromatic heterocycles. The Bertz CT molecular complexity index is 322. The lowest BCUT2D eigenvalue weighted by Gasteiger charge is -1.81. The zero-order valence-corrected chi connectivity index (χ0v) is 6.06. The van der Waals surface area contributed by atoms with Gasteiger partial charge in [-0.05, 0) is 16.9 Å². The lowest BCUT2D eigenvalue weighted by atomic mass is 10.1. The molecule has 0 N–H and O–H groups in total. The maximum absolute atomic E-state index is 5.57. The summed E-state index contributed by atoms with van der Waals surface area (Å²) >= 11 is 1.52. The van der Waals surface area contributed by atoms with Crippen molar-refractivity contribution in [2.75, 3.05) is 0 Å². The monoisotopic (exact) mass is 145 g/mol. The van der Waals surface area contributed by atoms with E-state index in [-0.39, 0.29) is 0 Å². The van der Waals surface area contributed by atoms with Crippen molar-refractivity contribution in [2.24, 2.45) is 0 Å². The minimum Gasteiger partial charge on any atom is -0.245 e. The third-order valence-corrected chi connectivity index (χ3v) is 2.20. The molecule has 46 valence electrons. The summed E-state index contributed by atoms with van der Waals surface area (Å²) in [4.78, 5) is 5.15. The van der Waals surface area contributed by atoms with Crippen LogP contribution in [0.15, 0.2) is 24.4 Å². The second-order valence-corrected chi connectivity index (χ2v) is 3.11. The Morgan fingerprint density at radius 2 is 2.40 bits per heavy atom. The van der Waals surface area contributed by atoms with Gasteiger partial charge in [0.1, 0.15) is 12.7 Å². The summed E-state index contributed by atoms with van der Waals surface area (Å²) in [7, 11) is 5.57. The van der Waals surface area contributed by atoms with E-state index in [1.807, 2.05) is 18.2 Å². The van der Waals surface area contributed by atoms with E-state index < -0.39 is 0 Å². The molecule has 2 radical (unpaired) electrons. The molecule has 3 heteroatoms. The van der Waals surface area contributed by atoms with Crippen LogP contribution < -0.4 is 4.78 Å². The van der Waals surface area contributed by atoms with E-state index in [9.17, 15) is 0 Å². The van der Waals surface area contributed by atoms with Crippen molar-refractivity contribution < 1.29 is 0 Å². The van der Waals surface area contributed by atoms with Crippen molar-refractivity contribution in [2.45, 2.75) is 0 Å². The zero-order chi connectivity index (χ0) is 6.97. The molecule has 0 saturated heterocycles. The summed E-state index contributed by atoms with van der Waals surface area (Å²) in [6.07, 6.45) is 1.78. The normalized spacial score (nSPS) is 10.4. The van der Waals surface area contributed by atoms with Gasteiger partial charge in [0.2, 0.25) is 0 Å². The Labute approximate surface area is 64.1 Å². The highest BCUT2D eigenvalue weighted by Gasteiger charge is 1.94. The van der Waals surface area contributed by atoms with Crippen LogP contribution in [-0.4, -0.2) is 12.8 Å². The highest BCUT2D eigenvalue weighted by molar-refractivity contribution is 7.25. The van der Waals surface area contributed by atoms with Crippen LogP contribution in [0.25, 0.3) is 10.2 Å². The average Bonchev–Trinajstić information content (AvgIpc) is 2.27. The molecule has 0 aromatic carbocycles. The second-order valence-electron chi connectivity index (χ2n) is 2.05. The minimum absolute atomic E-state index is 0.828. The number of aromatic nitrogens is 1. The van der Waals surface area contributed by atoms with Crippen molar-refractivity contribution >= 4 is 34.2 Å². The first-order valence-electron chi connectivity index (χ1n) is 2.96. The quantitative estimate of drug-likeness (QED) is 0.505. The van der Waals surface area contributed by atoms with Crippen LogP contribution in [0.5, 0.6) is 0 Å². The molecule has 0 amide bonds. The summed E-state index contributed by atoms with van der Waals surface area (Å²) in [6, 6.07) is 5.86. The fourth-order valence-electron chi connectivity index (χ4n) is 0.893. The first-order valence-corrected chi connectivity index (χ1v) is 3.78. The molecule has 0 spiro atoms. The molecule has 1 nitrogen and oxygen atoms in total. The van der Waals surface area contributed by atoms with Gasteiger partial charge in [0, 0.05) is 11.6 Å². The minimum atomic E-state index is 0.828. The third kappa shape index (κ3) is 0.828. The van der Waals surface area contributed by atoms with Gasteiger partial charge in [-0.25, -0.2) is 4.98 Å². The van der Waals surface area contributed by atoms with Gasteiger partial charge in [-0.3, -0.25) is 0 Å². The molecular formula is C7H4BNS. The first kappa shape index (κ1) is 5.92. The van der Waals surface area contributed by atoms with Gasteiger partial charge >= 0.3 is 0 Å². The number of hydrogen-bond donors (Lipinski definition) is 0. The molecule has 2 rings (SSSR count). The summed E-state index contributed by atoms with van der Waals surface area (Å²) in [6.45, 7) is 0. The number of nitrogens with zero attached hydrogens (tertiary/aromatic N) is 1. The van der Waals surface area contributed by atoms with Crippen LogP contribution in [0.2, 0.25) is 0 Å². The van der Waals surface area contributed by atoms with Crippen LogP contribution in [0, 0.1) is 0 Å². The summed E-state index contributed by atoms with van der Waals surface area (Å²) < 4.78 is 0.828. The van der Waals surface area contributed by atoms with Crippen LogP contribution >= 0.6 is 11.3 Å². The Hall–Kier alpha value is -0.825. The average molecular weight is 145 g/mol. The van der Waals surface area contributed by atoms with E-state index in [0.29, 0.717) is 0 Å². The van der Waals surface area contributed by atoms with Crippen LogP contribution in [-0.2, 0) is 0 Å². The third-order valence-electron chi connectivity index (χ3n) is 1.31. The molecule has 0 aliphatic carbocycles. The molecule has 0 fully saturated rings. The SMILES string of the molecule is [B]c1cc2cccnc2s1. The van der Waals surface area contributed by atoms with Gasteiger partial charge in [0.05, 0.1) is 0 Å². The summed E-state index contributed by atoms with van der Waals surface area (Å²) in [5.74, 6) is 0. The van der Waals surface area contributed by atoms with Gasteiger partial charge in [0.25, 0.3) is 0 Å². The fourth-order valence-corrected chi connectivity index (χ4v) is 1.66. The molecule has 0 aliphatic rings. The fraction of sp³-hybridized carbons (Fsp3) is 0. The summed E-state index contributed by atoms with van der Waals surface area (Å²) in [5, 5.41) is 1.13. The van der Waals surface area contributed by atoms with Gasteiger partial charge < -0.3 is 0 Å². The smallest absolute Gasteiger partial charge is 0.128 e. The van der Waals surface area contributed by atoms with E-state index in [0.717, 1.165) is 15.0 Å². The van der Waals surface area contributed by atoms with Crippen LogP contribution in [0.4, 0.5) is 0 Å². The molecule has 0 aliphatic heterocycles. The predicted molar refractivity (Wildman–Crippen MR) is 45.0 cm³/mol. The number of thiophene rings is 1. The predicted octanol–water partition coefficient (Wildman–Crippen LogP) is 1.09. The maximum atomic E-state index is 5.57. The molecule has 0 atom stereocenters. The molecule has 10 heavy (non-hydrogen) atoms. The van der Waals surface area contributed by atoms with Crippen LogP contribution in [0.3, 0.4) is 0 Å². The Kier molecular flexibility index (Phi) is 1.24. The molecule has 0 saturated carbocycles. The maximum Gasteiger partial charge on any atom is 0.128 e. The van der Waals surface area contributed by atoms with E-state index in [1.165, 1.54) is 11.3 Å². The highest BCUT2D eigenvalue weighted by atomic mass is 32.1. The molecule has 2 heterocycles. The number of fused-ring (bicyclic) bond motifs is 1. The number of rotatable bonds is 0. The lowest BCUT2D eigenvalue weighted by Crippen LogP contribution is -1.88. The van der Waals surface area contributed by atoms with Gasteiger partial charge in [-0.1, -0.05) is 6.07 Å². The van der Waals surface area contributed by atoms with Gasteiger partial charge in [-0.2, -0.15) is 0 Å². The largest absolute Gasteiger partial charge is 0.245 e. The van der Waals surface area contributed by atoms with Gasteiger partial charge in [-0.15, -0.1) is 11.3 Å². The molecular weight excluding hydrogens is 141 g/mol. The van der Waals surface area contributed by atoms with Crippen molar-refractivity contribution in [3.05, 3.63) is 24.4 Å². The van der Waals surface area contributed by atoms with E-state index in [4.69, 9.17) is 7.85 Å². The summed E-state index contributed by atoms with van der Waals surface area (Å²) in [5.41, 5.74) is 0. The van der Waals surface area contributed by atoms with Crippen LogP contribution in [0.1, 0.15) is 0 Å². The number of hydrogen-bond acceptors (Lipinski definition) is 2. The van der Waals surface area contributed by atoms with E-state index >= 15 is 0 Å².